The molecule has 8 heteroatoms. The molecule has 0 radical (unpaired) electrons. The lowest BCUT2D eigenvalue weighted by molar-refractivity contribution is 0.475. The molecule has 0 saturated carbocycles. The molecular weight excluding hydrogens is 371 g/mol. The number of aromatic hydroxyl groups is 1. The number of phenols is 1. The predicted molar refractivity (Wildman–Crippen MR) is 84.5 cm³/mol. The molecule has 22 heavy (non-hydrogen) atoms. The van der Waals surface area contributed by atoms with Crippen molar-refractivity contribution in [1.82, 2.24) is 20.2 Å². The maximum Gasteiger partial charge on any atom is 0.214 e. The van der Waals surface area contributed by atoms with Gasteiger partial charge in [-0.3, -0.25) is 0 Å². The van der Waals surface area contributed by atoms with Gasteiger partial charge in [-0.2, -0.15) is 4.68 Å². The second kappa shape index (κ2) is 6.45. The van der Waals surface area contributed by atoms with Crippen LogP contribution in [0.3, 0.4) is 0 Å². The third kappa shape index (κ3) is 3.28. The Morgan fingerprint density at radius 3 is 2.73 bits per heavy atom. The van der Waals surface area contributed by atoms with E-state index in [2.05, 4.69) is 31.5 Å². The standard InChI is InChI=1S/C14H10BrFN4OS/c15-13-6-1-10(16)7-9(13)8-22-14-17-18-19-20(14)11-2-4-12(21)5-3-11/h1-7,21H,8H2. The Kier molecular flexibility index (Phi) is 4.39. The van der Waals surface area contributed by atoms with E-state index in [1.165, 1.54) is 23.9 Å². The van der Waals surface area contributed by atoms with Crippen molar-refractivity contribution in [2.45, 2.75) is 10.9 Å². The summed E-state index contributed by atoms with van der Waals surface area (Å²) in [5.74, 6) is 0.420. The van der Waals surface area contributed by atoms with Crippen LogP contribution >= 0.6 is 27.7 Å². The number of halogens is 2. The summed E-state index contributed by atoms with van der Waals surface area (Å²) in [6, 6.07) is 11.1. The van der Waals surface area contributed by atoms with Crippen LogP contribution < -0.4 is 0 Å². The van der Waals surface area contributed by atoms with E-state index in [9.17, 15) is 9.50 Å². The molecule has 112 valence electrons. The lowest BCUT2D eigenvalue weighted by atomic mass is 10.2. The zero-order chi connectivity index (χ0) is 15.5. The molecule has 0 bridgehead atoms. The highest BCUT2D eigenvalue weighted by atomic mass is 79.9. The minimum atomic E-state index is -0.281. The van der Waals surface area contributed by atoms with Crippen LogP contribution in [0.2, 0.25) is 0 Å². The van der Waals surface area contributed by atoms with Crippen LogP contribution in [0.25, 0.3) is 5.69 Å². The number of tetrazole rings is 1. The van der Waals surface area contributed by atoms with Crippen molar-refractivity contribution in [2.24, 2.45) is 0 Å². The fraction of sp³-hybridized carbons (Fsp3) is 0.0714. The smallest absolute Gasteiger partial charge is 0.214 e. The molecule has 0 amide bonds. The zero-order valence-electron chi connectivity index (χ0n) is 11.1. The van der Waals surface area contributed by atoms with Gasteiger partial charge in [-0.15, -0.1) is 5.10 Å². The molecule has 0 aliphatic rings. The third-order valence-corrected chi connectivity index (χ3v) is 4.64. The molecule has 3 aromatic rings. The first kappa shape index (κ1) is 15.0. The number of benzene rings is 2. The van der Waals surface area contributed by atoms with E-state index in [-0.39, 0.29) is 11.6 Å². The monoisotopic (exact) mass is 380 g/mol. The highest BCUT2D eigenvalue weighted by Crippen LogP contribution is 2.27. The Hall–Kier alpha value is -1.93. The molecule has 0 saturated heterocycles. The molecule has 5 nitrogen and oxygen atoms in total. The summed E-state index contributed by atoms with van der Waals surface area (Å²) in [7, 11) is 0. The first-order valence-corrected chi connectivity index (χ1v) is 8.06. The minimum absolute atomic E-state index is 0.176. The molecule has 0 atom stereocenters. The van der Waals surface area contributed by atoms with Crippen LogP contribution in [0.1, 0.15) is 5.56 Å². The SMILES string of the molecule is Oc1ccc(-n2nnnc2SCc2cc(F)ccc2Br)cc1. The van der Waals surface area contributed by atoms with Gasteiger partial charge in [-0.25, -0.2) is 4.39 Å². The number of nitrogens with zero attached hydrogens (tertiary/aromatic N) is 4. The number of rotatable bonds is 4. The van der Waals surface area contributed by atoms with Crippen LogP contribution in [0.15, 0.2) is 52.1 Å². The molecule has 0 spiro atoms. The van der Waals surface area contributed by atoms with Crippen molar-refractivity contribution in [3.8, 4) is 11.4 Å². The van der Waals surface area contributed by atoms with E-state index in [0.717, 1.165) is 15.7 Å². The second-order valence-electron chi connectivity index (χ2n) is 4.41. The van der Waals surface area contributed by atoms with Gasteiger partial charge in [-0.05, 0) is 58.5 Å². The molecule has 0 unspecified atom stereocenters. The van der Waals surface area contributed by atoms with Crippen molar-refractivity contribution < 1.29 is 9.50 Å². The maximum absolute atomic E-state index is 13.3. The van der Waals surface area contributed by atoms with Crippen molar-refractivity contribution >= 4 is 27.7 Å². The maximum atomic E-state index is 13.3. The van der Waals surface area contributed by atoms with E-state index >= 15 is 0 Å². The van der Waals surface area contributed by atoms with E-state index in [0.29, 0.717) is 10.9 Å². The average molecular weight is 381 g/mol. The average Bonchev–Trinajstić information content (AvgIpc) is 2.97. The van der Waals surface area contributed by atoms with Gasteiger partial charge in [0.25, 0.3) is 0 Å². The molecule has 1 aromatic heterocycles. The molecule has 2 aromatic carbocycles. The molecule has 0 aliphatic heterocycles. The summed E-state index contributed by atoms with van der Waals surface area (Å²) in [4.78, 5) is 0. The predicted octanol–water partition coefficient (Wildman–Crippen LogP) is 3.56. The number of phenolic OH excluding ortho intramolecular Hbond substituents is 1. The molecule has 3 rings (SSSR count). The topological polar surface area (TPSA) is 63.8 Å². The third-order valence-electron chi connectivity index (χ3n) is 2.90. The lowest BCUT2D eigenvalue weighted by Gasteiger charge is -2.06. The lowest BCUT2D eigenvalue weighted by Crippen LogP contribution is -1.99. The van der Waals surface area contributed by atoms with Crippen molar-refractivity contribution in [3.63, 3.8) is 0 Å². The van der Waals surface area contributed by atoms with E-state index in [1.807, 2.05) is 0 Å². The van der Waals surface area contributed by atoms with Gasteiger partial charge in [0.1, 0.15) is 11.6 Å². The van der Waals surface area contributed by atoms with E-state index in [1.54, 1.807) is 35.0 Å². The number of aromatic nitrogens is 4. The molecule has 1 heterocycles. The first-order valence-electron chi connectivity index (χ1n) is 6.28. The van der Waals surface area contributed by atoms with Gasteiger partial charge < -0.3 is 5.11 Å². The summed E-state index contributed by atoms with van der Waals surface area (Å²) in [5, 5.41) is 21.5. The zero-order valence-corrected chi connectivity index (χ0v) is 13.6. The van der Waals surface area contributed by atoms with Gasteiger partial charge in [0.2, 0.25) is 5.16 Å². The fourth-order valence-corrected chi connectivity index (χ4v) is 3.28. The van der Waals surface area contributed by atoms with Gasteiger partial charge in [-0.1, -0.05) is 27.7 Å². The summed E-state index contributed by atoms with van der Waals surface area (Å²) < 4.78 is 15.7. The Bertz CT molecular complexity index is 794. The summed E-state index contributed by atoms with van der Waals surface area (Å²) in [5.41, 5.74) is 1.56. The number of thioether (sulfide) groups is 1. The fourth-order valence-electron chi connectivity index (χ4n) is 1.82. The molecule has 0 fully saturated rings. The Morgan fingerprint density at radius 2 is 1.95 bits per heavy atom. The van der Waals surface area contributed by atoms with Crippen LogP contribution in [-0.4, -0.2) is 25.3 Å². The van der Waals surface area contributed by atoms with Gasteiger partial charge in [0, 0.05) is 10.2 Å². The second-order valence-corrected chi connectivity index (χ2v) is 6.21. The number of hydrogen-bond acceptors (Lipinski definition) is 5. The van der Waals surface area contributed by atoms with Gasteiger partial charge >= 0.3 is 0 Å². The van der Waals surface area contributed by atoms with Crippen LogP contribution in [0.4, 0.5) is 4.39 Å². The number of hydrogen-bond donors (Lipinski definition) is 1. The first-order chi connectivity index (χ1) is 10.6. The van der Waals surface area contributed by atoms with E-state index < -0.39 is 0 Å². The Morgan fingerprint density at radius 1 is 1.18 bits per heavy atom. The summed E-state index contributed by atoms with van der Waals surface area (Å²) in [6.45, 7) is 0. The molecule has 1 N–H and O–H groups in total. The highest BCUT2D eigenvalue weighted by molar-refractivity contribution is 9.10. The van der Waals surface area contributed by atoms with Crippen molar-refractivity contribution in [3.05, 3.63) is 58.3 Å². The summed E-state index contributed by atoms with van der Waals surface area (Å²) >= 11 is 4.80. The largest absolute Gasteiger partial charge is 0.508 e. The van der Waals surface area contributed by atoms with E-state index in [4.69, 9.17) is 0 Å². The van der Waals surface area contributed by atoms with Crippen LogP contribution in [0.5, 0.6) is 5.75 Å². The van der Waals surface area contributed by atoms with Crippen LogP contribution in [0, 0.1) is 5.82 Å². The van der Waals surface area contributed by atoms with Gasteiger partial charge in [0.05, 0.1) is 5.69 Å². The Balaban J connectivity index is 1.81. The van der Waals surface area contributed by atoms with Crippen LogP contribution in [-0.2, 0) is 5.75 Å². The Labute approximate surface area is 138 Å². The quantitative estimate of drug-likeness (QED) is 0.701. The summed E-state index contributed by atoms with van der Waals surface area (Å²) in [6.07, 6.45) is 0. The normalized spacial score (nSPS) is 10.8. The highest BCUT2D eigenvalue weighted by Gasteiger charge is 2.11. The molecule has 0 aliphatic carbocycles. The molecular formula is C14H10BrFN4OS. The van der Waals surface area contributed by atoms with Crippen molar-refractivity contribution in [2.75, 3.05) is 0 Å². The van der Waals surface area contributed by atoms with Gasteiger partial charge in [0.15, 0.2) is 0 Å². The minimum Gasteiger partial charge on any atom is -0.508 e. The van der Waals surface area contributed by atoms with Crippen molar-refractivity contribution in [1.29, 1.82) is 0 Å².